The summed E-state index contributed by atoms with van der Waals surface area (Å²) in [5.74, 6) is -0.996. The molecule has 7 nitrogen and oxygen atoms in total. The van der Waals surface area contributed by atoms with E-state index >= 15 is 0 Å². The summed E-state index contributed by atoms with van der Waals surface area (Å²) in [5.41, 5.74) is 1.79. The maximum Gasteiger partial charge on any atom is 0.273 e. The molecule has 160 valence electrons. The topological polar surface area (TPSA) is 78.2 Å². The van der Waals surface area contributed by atoms with Crippen molar-refractivity contribution in [2.45, 2.75) is 11.4 Å². The van der Waals surface area contributed by atoms with Gasteiger partial charge in [-0.05, 0) is 55.0 Å². The van der Waals surface area contributed by atoms with Gasteiger partial charge in [-0.2, -0.15) is 4.98 Å². The van der Waals surface area contributed by atoms with Crippen molar-refractivity contribution in [1.82, 2.24) is 15.0 Å². The highest BCUT2D eigenvalue weighted by atomic mass is 35.5. The Balaban J connectivity index is 1.66. The van der Waals surface area contributed by atoms with Crippen LogP contribution in [0.1, 0.15) is 5.56 Å². The molecule has 0 radical (unpaired) electrons. The molecule has 0 aliphatic carbocycles. The van der Waals surface area contributed by atoms with Gasteiger partial charge in [0.05, 0.1) is 10.6 Å². The monoisotopic (exact) mass is 454 g/mol. The first-order chi connectivity index (χ1) is 14.4. The molecule has 3 rings (SSSR count). The smallest absolute Gasteiger partial charge is 0.273 e. The standard InChI is InChI=1S/C19H21ClF2N6OS/c1-28(2)6-5-23-16-7-13(20)4-3-12(16)10-24-17-8-15(22)18(9-14(17)21)30-27-19-25-11-29-26-19/h3-4,7-9,11,23-24H,5-6,10H2,1-2H3,(H,26,27). The Bertz CT molecular complexity index is 974. The summed E-state index contributed by atoms with van der Waals surface area (Å²) in [6.07, 6.45) is 1.13. The van der Waals surface area contributed by atoms with Gasteiger partial charge in [0.25, 0.3) is 5.95 Å². The number of hydrogen-bond acceptors (Lipinski definition) is 8. The van der Waals surface area contributed by atoms with Crippen molar-refractivity contribution in [3.63, 3.8) is 0 Å². The fraction of sp³-hybridized carbons (Fsp3) is 0.263. The van der Waals surface area contributed by atoms with Gasteiger partial charge in [-0.25, -0.2) is 8.78 Å². The lowest BCUT2D eigenvalue weighted by atomic mass is 10.1. The van der Waals surface area contributed by atoms with Crippen molar-refractivity contribution in [2.24, 2.45) is 0 Å². The van der Waals surface area contributed by atoms with E-state index in [0.29, 0.717) is 11.6 Å². The highest BCUT2D eigenvalue weighted by Crippen LogP contribution is 2.28. The normalized spacial score (nSPS) is 11.0. The van der Waals surface area contributed by atoms with Crippen LogP contribution in [0.5, 0.6) is 0 Å². The van der Waals surface area contributed by atoms with Crippen molar-refractivity contribution in [1.29, 1.82) is 0 Å². The number of halogens is 3. The molecule has 3 N–H and O–H groups in total. The minimum atomic E-state index is -0.583. The van der Waals surface area contributed by atoms with Gasteiger partial charge in [0.2, 0.25) is 6.39 Å². The van der Waals surface area contributed by atoms with Crippen molar-refractivity contribution in [3.05, 3.63) is 58.9 Å². The van der Waals surface area contributed by atoms with Crippen molar-refractivity contribution in [3.8, 4) is 0 Å². The predicted molar refractivity (Wildman–Crippen MR) is 116 cm³/mol. The molecule has 0 spiro atoms. The number of aromatic nitrogens is 2. The second kappa shape index (κ2) is 10.5. The van der Waals surface area contributed by atoms with Gasteiger partial charge in [-0.3, -0.25) is 4.72 Å². The molecule has 0 bridgehead atoms. The summed E-state index contributed by atoms with van der Waals surface area (Å²) in [7, 11) is 3.97. The number of anilines is 3. The molecule has 0 unspecified atom stereocenters. The van der Waals surface area contributed by atoms with E-state index in [0.717, 1.165) is 54.8 Å². The lowest BCUT2D eigenvalue weighted by molar-refractivity contribution is 0.419. The number of nitrogens with one attached hydrogen (secondary N) is 3. The first kappa shape index (κ1) is 22.1. The number of benzene rings is 2. The largest absolute Gasteiger partial charge is 0.383 e. The molecule has 1 heterocycles. The van der Waals surface area contributed by atoms with E-state index in [1.54, 1.807) is 6.07 Å². The first-order valence-electron chi connectivity index (χ1n) is 9.01. The van der Waals surface area contributed by atoms with E-state index in [1.807, 2.05) is 26.2 Å². The fourth-order valence-electron chi connectivity index (χ4n) is 2.53. The highest BCUT2D eigenvalue weighted by molar-refractivity contribution is 8.00. The Morgan fingerprint density at radius 3 is 2.67 bits per heavy atom. The van der Waals surface area contributed by atoms with Gasteiger partial charge in [0.1, 0.15) is 11.6 Å². The third-order valence-corrected chi connectivity index (χ3v) is 5.10. The van der Waals surface area contributed by atoms with Crippen LogP contribution in [0.4, 0.5) is 26.1 Å². The van der Waals surface area contributed by atoms with E-state index in [-0.39, 0.29) is 16.5 Å². The Kier molecular flexibility index (Phi) is 7.72. The van der Waals surface area contributed by atoms with E-state index in [9.17, 15) is 8.78 Å². The predicted octanol–water partition coefficient (Wildman–Crippen LogP) is 4.71. The molecule has 0 saturated heterocycles. The molecule has 11 heteroatoms. The summed E-state index contributed by atoms with van der Waals surface area (Å²) < 4.78 is 36.1. The second-order valence-electron chi connectivity index (χ2n) is 6.61. The molecule has 0 fully saturated rings. The van der Waals surface area contributed by atoms with Crippen LogP contribution in [-0.4, -0.2) is 42.2 Å². The number of rotatable bonds is 10. The van der Waals surface area contributed by atoms with Gasteiger partial charge in [0.15, 0.2) is 0 Å². The fourth-order valence-corrected chi connectivity index (χ4v) is 3.31. The second-order valence-corrected chi connectivity index (χ2v) is 7.89. The van der Waals surface area contributed by atoms with E-state index < -0.39 is 11.6 Å². The van der Waals surface area contributed by atoms with Crippen LogP contribution in [-0.2, 0) is 6.54 Å². The molecule has 30 heavy (non-hydrogen) atoms. The molecule has 1 aromatic heterocycles. The molecule has 0 aliphatic heterocycles. The molecule has 0 atom stereocenters. The summed E-state index contributed by atoms with van der Waals surface area (Å²) in [6.45, 7) is 1.87. The average Bonchev–Trinajstić information content (AvgIpc) is 3.21. The molecular weight excluding hydrogens is 434 g/mol. The summed E-state index contributed by atoms with van der Waals surface area (Å²) >= 11 is 6.95. The average molecular weight is 455 g/mol. The zero-order valence-electron chi connectivity index (χ0n) is 16.4. The van der Waals surface area contributed by atoms with Gasteiger partial charge in [-0.15, -0.1) is 0 Å². The van der Waals surface area contributed by atoms with Gasteiger partial charge in [-0.1, -0.05) is 17.7 Å². The van der Waals surface area contributed by atoms with Crippen LogP contribution in [0.3, 0.4) is 0 Å². The SMILES string of the molecule is CN(C)CCNc1cc(Cl)ccc1CNc1cc(F)c(SNc2ncon2)cc1F. The Morgan fingerprint density at radius 1 is 1.10 bits per heavy atom. The van der Waals surface area contributed by atoms with Crippen molar-refractivity contribution >= 4 is 40.9 Å². The minimum absolute atomic E-state index is 0.0607. The Morgan fingerprint density at radius 2 is 1.93 bits per heavy atom. The van der Waals surface area contributed by atoms with Gasteiger partial charge in [0, 0.05) is 36.4 Å². The highest BCUT2D eigenvalue weighted by Gasteiger charge is 2.12. The maximum atomic E-state index is 14.5. The number of likely N-dealkylation sites (N-methyl/N-ethyl adjacent to an activating group) is 1. The number of hydrogen-bond donors (Lipinski definition) is 3. The van der Waals surface area contributed by atoms with Crippen LogP contribution in [0.15, 0.2) is 46.1 Å². The summed E-state index contributed by atoms with van der Waals surface area (Å²) in [4.78, 5) is 5.88. The molecule has 3 aromatic rings. The van der Waals surface area contributed by atoms with Gasteiger partial charge >= 0.3 is 0 Å². The quantitative estimate of drug-likeness (QED) is 0.380. The third-order valence-electron chi connectivity index (χ3n) is 4.05. The lowest BCUT2D eigenvalue weighted by Crippen LogP contribution is -2.21. The maximum absolute atomic E-state index is 14.5. The zero-order valence-corrected chi connectivity index (χ0v) is 17.9. The molecule has 0 saturated carbocycles. The zero-order chi connectivity index (χ0) is 21.5. The van der Waals surface area contributed by atoms with E-state index in [1.165, 1.54) is 0 Å². The molecule has 0 amide bonds. The van der Waals surface area contributed by atoms with Crippen LogP contribution < -0.4 is 15.4 Å². The molecule has 2 aromatic carbocycles. The summed E-state index contributed by atoms with van der Waals surface area (Å²) in [5, 5.41) is 10.4. The number of nitrogens with zero attached hydrogens (tertiary/aromatic N) is 3. The van der Waals surface area contributed by atoms with Gasteiger partial charge < -0.3 is 20.1 Å². The van der Waals surface area contributed by atoms with E-state index in [4.69, 9.17) is 11.6 Å². The lowest BCUT2D eigenvalue weighted by Gasteiger charge is -2.16. The van der Waals surface area contributed by atoms with Crippen molar-refractivity contribution < 1.29 is 13.3 Å². The van der Waals surface area contributed by atoms with Crippen LogP contribution in [0, 0.1) is 11.6 Å². The Hall–Kier alpha value is -2.56. The Labute approximate surface area is 182 Å². The van der Waals surface area contributed by atoms with E-state index in [2.05, 4.69) is 34.9 Å². The van der Waals surface area contributed by atoms with Crippen LogP contribution >= 0.6 is 23.5 Å². The first-order valence-corrected chi connectivity index (χ1v) is 10.2. The minimum Gasteiger partial charge on any atom is -0.383 e. The molecule has 0 aliphatic rings. The third kappa shape index (κ3) is 6.22. The van der Waals surface area contributed by atoms with Crippen LogP contribution in [0.2, 0.25) is 5.02 Å². The molecular formula is C19H21ClF2N6OS. The van der Waals surface area contributed by atoms with Crippen LogP contribution in [0.25, 0.3) is 0 Å². The van der Waals surface area contributed by atoms with Crippen molar-refractivity contribution in [2.75, 3.05) is 42.5 Å². The summed E-state index contributed by atoms with van der Waals surface area (Å²) in [6, 6.07) is 7.64.